The molecule has 0 fully saturated rings. The first-order chi connectivity index (χ1) is 6.89. The molecule has 15 heavy (non-hydrogen) atoms. The van der Waals surface area contributed by atoms with E-state index in [2.05, 4.69) is 10.3 Å². The van der Waals surface area contributed by atoms with Gasteiger partial charge in [0.1, 0.15) is 6.54 Å². The Kier molecular flexibility index (Phi) is 6.02. The van der Waals surface area contributed by atoms with Crippen LogP contribution in [0, 0.1) is 0 Å². The van der Waals surface area contributed by atoms with Crippen molar-refractivity contribution in [2.45, 2.75) is 19.1 Å². The van der Waals surface area contributed by atoms with Gasteiger partial charge in [0.15, 0.2) is 0 Å². The molecule has 5 nitrogen and oxygen atoms in total. The normalized spacial score (nSPS) is 14.9. The summed E-state index contributed by atoms with van der Waals surface area (Å²) in [5.74, 6) is 4.88. The average molecular weight is 228 g/mol. The molecule has 1 atom stereocenters. The lowest BCUT2D eigenvalue weighted by molar-refractivity contribution is -0.118. The molecule has 4 N–H and O–H groups in total. The summed E-state index contributed by atoms with van der Waals surface area (Å²) < 4.78 is 40.2. The molecule has 0 saturated carbocycles. The van der Waals surface area contributed by atoms with Gasteiger partial charge in [0.05, 0.1) is 6.61 Å². The minimum Gasteiger partial charge on any atom is -0.383 e. The van der Waals surface area contributed by atoms with Crippen LogP contribution in [0.1, 0.15) is 6.92 Å². The van der Waals surface area contributed by atoms with Crippen molar-refractivity contribution in [1.82, 2.24) is 10.7 Å². The molecular weight excluding hydrogens is 213 g/mol. The van der Waals surface area contributed by atoms with E-state index in [0.717, 1.165) is 0 Å². The Bertz CT molecular complexity index is 207. The van der Waals surface area contributed by atoms with Crippen LogP contribution in [0.15, 0.2) is 4.99 Å². The molecule has 0 spiro atoms. The smallest absolute Gasteiger partial charge is 0.383 e. The number of methoxy groups -OCH3 is 1. The zero-order valence-electron chi connectivity index (χ0n) is 8.56. The largest absolute Gasteiger partial charge is 0.408 e. The van der Waals surface area contributed by atoms with Gasteiger partial charge in [0, 0.05) is 13.2 Å². The van der Waals surface area contributed by atoms with Crippen LogP contribution in [0.25, 0.3) is 0 Å². The van der Waals surface area contributed by atoms with Gasteiger partial charge in [-0.15, -0.1) is 0 Å². The summed E-state index contributed by atoms with van der Waals surface area (Å²) in [5.41, 5.74) is 2.05. The van der Waals surface area contributed by atoms with E-state index in [1.54, 1.807) is 6.92 Å². The Morgan fingerprint density at radius 3 is 2.53 bits per heavy atom. The maximum Gasteiger partial charge on any atom is 0.408 e. The van der Waals surface area contributed by atoms with Crippen LogP contribution in [-0.2, 0) is 4.74 Å². The zero-order chi connectivity index (χ0) is 11.9. The van der Waals surface area contributed by atoms with E-state index < -0.39 is 12.7 Å². The topological polar surface area (TPSA) is 71.7 Å². The van der Waals surface area contributed by atoms with E-state index in [9.17, 15) is 13.2 Å². The van der Waals surface area contributed by atoms with Gasteiger partial charge in [-0.05, 0) is 6.92 Å². The fraction of sp³-hybridized carbons (Fsp3) is 0.857. The number of nitrogens with zero attached hydrogens (tertiary/aromatic N) is 1. The van der Waals surface area contributed by atoms with Crippen molar-refractivity contribution >= 4 is 5.96 Å². The van der Waals surface area contributed by atoms with E-state index in [-0.39, 0.29) is 12.0 Å². The summed E-state index contributed by atoms with van der Waals surface area (Å²) in [6.45, 7) is 0.788. The quantitative estimate of drug-likeness (QED) is 0.274. The summed E-state index contributed by atoms with van der Waals surface area (Å²) in [5, 5.41) is 2.63. The molecule has 0 radical (unpaired) electrons. The number of hydrazine groups is 1. The van der Waals surface area contributed by atoms with E-state index in [4.69, 9.17) is 10.6 Å². The Morgan fingerprint density at radius 1 is 1.53 bits per heavy atom. The summed E-state index contributed by atoms with van der Waals surface area (Å²) >= 11 is 0. The fourth-order valence-corrected chi connectivity index (χ4v) is 0.827. The lowest BCUT2D eigenvalue weighted by Gasteiger charge is -2.15. The van der Waals surface area contributed by atoms with Crippen LogP contribution in [0.2, 0.25) is 0 Å². The predicted molar refractivity (Wildman–Crippen MR) is 50.2 cm³/mol. The molecule has 0 aromatic rings. The van der Waals surface area contributed by atoms with Crippen molar-refractivity contribution in [1.29, 1.82) is 0 Å². The second-order valence-corrected chi connectivity index (χ2v) is 2.93. The Morgan fingerprint density at radius 2 is 2.13 bits per heavy atom. The molecule has 8 heteroatoms. The Hall–Kier alpha value is -1.02. The second-order valence-electron chi connectivity index (χ2n) is 2.93. The molecule has 0 bridgehead atoms. The monoisotopic (exact) mass is 228 g/mol. The molecule has 0 aliphatic heterocycles. The Balaban J connectivity index is 4.12. The SMILES string of the molecule is COCC(C)NC(=NCC(F)(F)F)NN. The van der Waals surface area contributed by atoms with Crippen molar-refractivity contribution in [3.8, 4) is 0 Å². The van der Waals surface area contributed by atoms with E-state index in [1.807, 2.05) is 5.43 Å². The van der Waals surface area contributed by atoms with Crippen LogP contribution < -0.4 is 16.6 Å². The highest BCUT2D eigenvalue weighted by atomic mass is 19.4. The van der Waals surface area contributed by atoms with Gasteiger partial charge < -0.3 is 10.1 Å². The summed E-state index contributed by atoms with van der Waals surface area (Å²) in [6, 6.07) is -0.182. The Labute approximate surface area is 85.8 Å². The van der Waals surface area contributed by atoms with Gasteiger partial charge in [0.25, 0.3) is 0 Å². The van der Waals surface area contributed by atoms with Gasteiger partial charge >= 0.3 is 6.18 Å². The van der Waals surface area contributed by atoms with Gasteiger partial charge in [-0.2, -0.15) is 13.2 Å². The molecule has 0 aromatic carbocycles. The summed E-state index contributed by atoms with van der Waals surface area (Å²) in [7, 11) is 1.49. The molecule has 0 amide bonds. The standard InChI is InChI=1S/C7H15F3N4O/c1-5(3-15-2)13-6(14-11)12-4-7(8,9)10/h5H,3-4,11H2,1-2H3,(H2,12,13,14). The highest BCUT2D eigenvalue weighted by molar-refractivity contribution is 5.79. The van der Waals surface area contributed by atoms with Crippen molar-refractivity contribution in [2.75, 3.05) is 20.3 Å². The summed E-state index contributed by atoms with van der Waals surface area (Å²) in [6.07, 6.45) is -4.34. The maximum absolute atomic E-state index is 11.8. The molecule has 0 aliphatic rings. The van der Waals surface area contributed by atoms with Gasteiger partial charge in [0.2, 0.25) is 5.96 Å². The molecule has 0 aromatic heterocycles. The minimum absolute atomic E-state index is 0.114. The number of hydrogen-bond acceptors (Lipinski definition) is 3. The number of alkyl halides is 3. The van der Waals surface area contributed by atoms with Crippen LogP contribution in [0.3, 0.4) is 0 Å². The van der Waals surface area contributed by atoms with Crippen molar-refractivity contribution in [3.05, 3.63) is 0 Å². The third-order valence-electron chi connectivity index (χ3n) is 1.35. The number of nitrogens with two attached hydrogens (primary N) is 1. The number of hydrogen-bond donors (Lipinski definition) is 3. The lowest BCUT2D eigenvalue weighted by Crippen LogP contribution is -2.47. The van der Waals surface area contributed by atoms with Crippen molar-refractivity contribution in [2.24, 2.45) is 10.8 Å². The second kappa shape index (κ2) is 6.46. The van der Waals surface area contributed by atoms with Crippen LogP contribution >= 0.6 is 0 Å². The van der Waals surface area contributed by atoms with E-state index >= 15 is 0 Å². The summed E-state index contributed by atoms with van der Waals surface area (Å²) in [4.78, 5) is 3.22. The number of aliphatic imine (C=N–C) groups is 1. The van der Waals surface area contributed by atoms with Crippen LogP contribution in [-0.4, -0.2) is 38.4 Å². The molecular formula is C7H15F3N4O. The minimum atomic E-state index is -4.34. The maximum atomic E-state index is 11.8. The average Bonchev–Trinajstić information content (AvgIpc) is 2.11. The fourth-order valence-electron chi connectivity index (χ4n) is 0.827. The van der Waals surface area contributed by atoms with Gasteiger partial charge in [-0.25, -0.2) is 10.8 Å². The number of rotatable bonds is 4. The van der Waals surface area contributed by atoms with Gasteiger partial charge in [-0.1, -0.05) is 0 Å². The van der Waals surface area contributed by atoms with Gasteiger partial charge in [-0.3, -0.25) is 5.43 Å². The van der Waals surface area contributed by atoms with Crippen molar-refractivity contribution < 1.29 is 17.9 Å². The third kappa shape index (κ3) is 8.01. The first kappa shape index (κ1) is 14.0. The highest BCUT2D eigenvalue weighted by Crippen LogP contribution is 2.13. The highest BCUT2D eigenvalue weighted by Gasteiger charge is 2.26. The predicted octanol–water partition coefficient (Wildman–Crippen LogP) is -0.00750. The first-order valence-corrected chi connectivity index (χ1v) is 4.22. The van der Waals surface area contributed by atoms with Crippen molar-refractivity contribution in [3.63, 3.8) is 0 Å². The molecule has 1 unspecified atom stereocenters. The number of nitrogens with one attached hydrogen (secondary N) is 2. The van der Waals surface area contributed by atoms with E-state index in [0.29, 0.717) is 6.61 Å². The molecule has 90 valence electrons. The zero-order valence-corrected chi connectivity index (χ0v) is 8.56. The van der Waals surface area contributed by atoms with Crippen LogP contribution in [0.5, 0.6) is 0 Å². The number of guanidine groups is 1. The lowest BCUT2D eigenvalue weighted by atomic mass is 10.4. The molecule has 0 heterocycles. The number of ether oxygens (including phenoxy) is 1. The molecule has 0 rings (SSSR count). The third-order valence-corrected chi connectivity index (χ3v) is 1.35. The van der Waals surface area contributed by atoms with Crippen LogP contribution in [0.4, 0.5) is 13.2 Å². The van der Waals surface area contributed by atoms with E-state index in [1.165, 1.54) is 7.11 Å². The first-order valence-electron chi connectivity index (χ1n) is 4.22. The molecule has 0 aliphatic carbocycles. The molecule has 0 saturated heterocycles. The number of halogens is 3.